The van der Waals surface area contributed by atoms with Gasteiger partial charge in [0, 0.05) is 13.0 Å². The summed E-state index contributed by atoms with van der Waals surface area (Å²) in [5.41, 5.74) is 1.19. The first kappa shape index (κ1) is 21.4. The lowest BCUT2D eigenvalue weighted by molar-refractivity contribution is -0.299. The van der Waals surface area contributed by atoms with Crippen LogP contribution in [0.1, 0.15) is 45.1 Å². The molecular formula is C20H29BrO5. The Morgan fingerprint density at radius 2 is 2.00 bits per heavy atom. The quantitative estimate of drug-likeness (QED) is 0.334. The first-order valence-corrected chi connectivity index (χ1v) is 10.0. The molecule has 5 nitrogen and oxygen atoms in total. The van der Waals surface area contributed by atoms with Gasteiger partial charge >= 0.3 is 5.97 Å². The average molecular weight is 429 g/mol. The topological polar surface area (TPSA) is 54.0 Å². The summed E-state index contributed by atoms with van der Waals surface area (Å²) in [6.45, 7) is 5.14. The normalized spacial score (nSPS) is 23.4. The maximum atomic E-state index is 11.8. The van der Waals surface area contributed by atoms with Gasteiger partial charge in [-0.2, -0.15) is 0 Å². The van der Waals surface area contributed by atoms with Gasteiger partial charge in [-0.25, -0.2) is 0 Å². The fourth-order valence-corrected chi connectivity index (χ4v) is 3.62. The van der Waals surface area contributed by atoms with Gasteiger partial charge in [-0.3, -0.25) is 4.79 Å². The van der Waals surface area contributed by atoms with Crippen LogP contribution in [-0.4, -0.2) is 42.5 Å². The van der Waals surface area contributed by atoms with Crippen molar-refractivity contribution in [3.8, 4) is 0 Å². The Balaban J connectivity index is 1.69. The van der Waals surface area contributed by atoms with Crippen molar-refractivity contribution >= 4 is 21.9 Å². The van der Waals surface area contributed by atoms with E-state index in [-0.39, 0.29) is 18.2 Å². The van der Waals surface area contributed by atoms with Gasteiger partial charge in [-0.15, -0.1) is 0 Å². The Bertz CT molecular complexity index is 548. The second kappa shape index (κ2) is 10.4. The molecule has 2 rings (SSSR count). The van der Waals surface area contributed by atoms with Crippen molar-refractivity contribution in [2.45, 2.75) is 69.0 Å². The molecule has 1 aromatic rings. The summed E-state index contributed by atoms with van der Waals surface area (Å²) in [4.78, 5) is 11.3. The van der Waals surface area contributed by atoms with E-state index in [2.05, 4.69) is 28.1 Å². The lowest BCUT2D eigenvalue weighted by Gasteiger charge is -2.42. The molecule has 0 saturated carbocycles. The van der Waals surface area contributed by atoms with Gasteiger partial charge in [0.1, 0.15) is 4.83 Å². The van der Waals surface area contributed by atoms with Crippen LogP contribution >= 0.6 is 15.9 Å². The summed E-state index contributed by atoms with van der Waals surface area (Å²) in [7, 11) is 1.38. The van der Waals surface area contributed by atoms with E-state index in [1.54, 1.807) is 0 Å². The first-order valence-electron chi connectivity index (χ1n) is 9.10. The van der Waals surface area contributed by atoms with Crippen LogP contribution in [0.15, 0.2) is 30.3 Å². The summed E-state index contributed by atoms with van der Waals surface area (Å²) in [6.07, 6.45) is 3.37. The highest BCUT2D eigenvalue weighted by atomic mass is 79.9. The first-order chi connectivity index (χ1) is 12.4. The molecule has 1 fully saturated rings. The molecule has 0 spiro atoms. The summed E-state index contributed by atoms with van der Waals surface area (Å²) < 4.78 is 22.4. The van der Waals surface area contributed by atoms with Crippen molar-refractivity contribution in [3.05, 3.63) is 35.9 Å². The number of carbonyl (C=O) groups is 1. The van der Waals surface area contributed by atoms with E-state index >= 15 is 0 Å². The Hall–Kier alpha value is -0.950. The summed E-state index contributed by atoms with van der Waals surface area (Å²) in [6, 6.07) is 10.2. The summed E-state index contributed by atoms with van der Waals surface area (Å²) in [5.74, 6) is -1.03. The van der Waals surface area contributed by atoms with Crippen LogP contribution in [0, 0.1) is 0 Å². The molecule has 3 atom stereocenters. The smallest absolute Gasteiger partial charge is 0.322 e. The minimum Gasteiger partial charge on any atom is -0.468 e. The minimum absolute atomic E-state index is 0.0579. The number of esters is 1. The third-order valence-corrected chi connectivity index (χ3v) is 5.27. The van der Waals surface area contributed by atoms with Gasteiger partial charge < -0.3 is 18.9 Å². The standard InChI is InChI=1S/C20H29BrO5/c1-20(2)25-16(13-17(26-20)18(21)19(22)23-3)11-7-8-12-24-14-15-9-5-4-6-10-15/h4-6,9-10,16-18H,7-8,11-14H2,1-3H3/t16-,17-,18?/m1/s1. The average Bonchev–Trinajstić information content (AvgIpc) is 2.62. The molecule has 0 aliphatic carbocycles. The van der Waals surface area contributed by atoms with Crippen molar-refractivity contribution in [3.63, 3.8) is 0 Å². The predicted octanol–water partition coefficient (Wildman–Crippen LogP) is 4.22. The van der Waals surface area contributed by atoms with Gasteiger partial charge in [-0.05, 0) is 38.7 Å². The number of unbranched alkanes of at least 4 members (excludes halogenated alkanes) is 1. The van der Waals surface area contributed by atoms with Gasteiger partial charge in [-0.1, -0.05) is 46.3 Å². The highest BCUT2D eigenvalue weighted by Gasteiger charge is 2.40. The second-order valence-electron chi connectivity index (χ2n) is 6.99. The molecule has 1 unspecified atom stereocenters. The van der Waals surface area contributed by atoms with Crippen molar-refractivity contribution in [2.24, 2.45) is 0 Å². The Kier molecular flexibility index (Phi) is 8.54. The fraction of sp³-hybridized carbons (Fsp3) is 0.650. The Labute approximate surface area is 164 Å². The number of methoxy groups -OCH3 is 1. The van der Waals surface area contributed by atoms with Crippen LogP contribution in [0.5, 0.6) is 0 Å². The number of hydrogen-bond donors (Lipinski definition) is 0. The number of ether oxygens (including phenoxy) is 4. The Morgan fingerprint density at radius 3 is 2.69 bits per heavy atom. The van der Waals surface area contributed by atoms with Crippen LogP contribution in [0.2, 0.25) is 0 Å². The number of hydrogen-bond acceptors (Lipinski definition) is 5. The van der Waals surface area contributed by atoms with E-state index in [9.17, 15) is 4.79 Å². The monoisotopic (exact) mass is 428 g/mol. The van der Waals surface area contributed by atoms with Crippen molar-refractivity contribution in [1.82, 2.24) is 0 Å². The Morgan fingerprint density at radius 1 is 1.27 bits per heavy atom. The van der Waals surface area contributed by atoms with E-state index in [1.807, 2.05) is 32.0 Å². The molecule has 1 aliphatic rings. The van der Waals surface area contributed by atoms with E-state index < -0.39 is 10.6 Å². The van der Waals surface area contributed by atoms with E-state index in [1.165, 1.54) is 12.7 Å². The van der Waals surface area contributed by atoms with E-state index in [0.29, 0.717) is 13.0 Å². The number of rotatable bonds is 9. The van der Waals surface area contributed by atoms with Crippen LogP contribution in [0.4, 0.5) is 0 Å². The van der Waals surface area contributed by atoms with Gasteiger partial charge in [0.25, 0.3) is 0 Å². The molecule has 146 valence electrons. The zero-order valence-electron chi connectivity index (χ0n) is 15.8. The minimum atomic E-state index is -0.711. The predicted molar refractivity (Wildman–Crippen MR) is 103 cm³/mol. The summed E-state index contributed by atoms with van der Waals surface area (Å²) >= 11 is 3.39. The number of alkyl halides is 1. The second-order valence-corrected chi connectivity index (χ2v) is 7.98. The molecule has 0 amide bonds. The van der Waals surface area contributed by atoms with Crippen molar-refractivity contribution in [1.29, 1.82) is 0 Å². The molecule has 6 heteroatoms. The molecule has 1 aromatic carbocycles. The van der Waals surface area contributed by atoms with Gasteiger partial charge in [0.15, 0.2) is 5.79 Å². The molecule has 1 aliphatic heterocycles. The van der Waals surface area contributed by atoms with Crippen molar-refractivity contribution < 1.29 is 23.7 Å². The largest absolute Gasteiger partial charge is 0.468 e. The number of benzene rings is 1. The number of halogens is 1. The molecule has 0 bridgehead atoms. The van der Waals surface area contributed by atoms with Crippen LogP contribution in [0.25, 0.3) is 0 Å². The lowest BCUT2D eigenvalue weighted by atomic mass is 10.0. The SMILES string of the molecule is COC(=O)C(Br)[C@H]1C[C@@H](CCCCOCc2ccccc2)OC(C)(C)O1. The molecule has 26 heavy (non-hydrogen) atoms. The maximum absolute atomic E-state index is 11.8. The van der Waals surface area contributed by atoms with Crippen LogP contribution in [0.3, 0.4) is 0 Å². The van der Waals surface area contributed by atoms with Crippen molar-refractivity contribution in [2.75, 3.05) is 13.7 Å². The highest BCUT2D eigenvalue weighted by Crippen LogP contribution is 2.32. The molecule has 1 heterocycles. The molecule has 0 aromatic heterocycles. The zero-order chi connectivity index (χ0) is 19.0. The fourth-order valence-electron chi connectivity index (χ4n) is 3.11. The third-order valence-electron chi connectivity index (χ3n) is 4.31. The van der Waals surface area contributed by atoms with Gasteiger partial charge in [0.05, 0.1) is 25.9 Å². The number of carbonyl (C=O) groups excluding carboxylic acids is 1. The van der Waals surface area contributed by atoms with E-state index in [4.69, 9.17) is 18.9 Å². The highest BCUT2D eigenvalue weighted by molar-refractivity contribution is 9.10. The summed E-state index contributed by atoms with van der Waals surface area (Å²) in [5, 5.41) is 0. The molecule has 0 radical (unpaired) electrons. The van der Waals surface area contributed by atoms with Gasteiger partial charge in [0.2, 0.25) is 0 Å². The maximum Gasteiger partial charge on any atom is 0.322 e. The van der Waals surface area contributed by atoms with E-state index in [0.717, 1.165) is 25.9 Å². The molecule has 0 N–H and O–H groups in total. The third kappa shape index (κ3) is 6.99. The molecular weight excluding hydrogens is 400 g/mol. The van der Waals surface area contributed by atoms with Crippen LogP contribution in [-0.2, 0) is 30.3 Å². The lowest BCUT2D eigenvalue weighted by Crippen LogP contribution is -2.49. The van der Waals surface area contributed by atoms with Crippen LogP contribution < -0.4 is 0 Å². The zero-order valence-corrected chi connectivity index (χ0v) is 17.4. The molecule has 1 saturated heterocycles.